The fraction of sp³-hybridized carbons (Fsp3) is 0.364. The second-order valence-electron chi connectivity index (χ2n) is 7.34. The van der Waals surface area contributed by atoms with Crippen LogP contribution >= 0.6 is 0 Å². The van der Waals surface area contributed by atoms with Crippen molar-refractivity contribution < 1.29 is 19.2 Å². The number of nitro groups is 1. The van der Waals surface area contributed by atoms with Crippen LogP contribution in [0.3, 0.4) is 0 Å². The highest BCUT2D eigenvalue weighted by molar-refractivity contribution is 5.96. The fourth-order valence-electron chi connectivity index (χ4n) is 3.54. The molecule has 8 heteroatoms. The Morgan fingerprint density at radius 1 is 1.13 bits per heavy atom. The molecule has 1 N–H and O–H groups in total. The van der Waals surface area contributed by atoms with E-state index in [9.17, 15) is 19.7 Å². The molecule has 3 rings (SSSR count). The number of benzene rings is 2. The third kappa shape index (κ3) is 5.34. The maximum absolute atomic E-state index is 12.5. The molecule has 0 bridgehead atoms. The minimum Gasteiger partial charge on any atom is -0.484 e. The molecule has 158 valence electrons. The van der Waals surface area contributed by atoms with Gasteiger partial charge in [-0.1, -0.05) is 24.3 Å². The van der Waals surface area contributed by atoms with Crippen molar-refractivity contribution in [1.29, 1.82) is 0 Å². The lowest BCUT2D eigenvalue weighted by Crippen LogP contribution is -2.43. The number of carbonyl (C=O) groups excluding carboxylic acids is 2. The van der Waals surface area contributed by atoms with Gasteiger partial charge in [-0.05, 0) is 43.9 Å². The predicted molar refractivity (Wildman–Crippen MR) is 111 cm³/mol. The first kappa shape index (κ1) is 21.3. The molecule has 2 aromatic carbocycles. The van der Waals surface area contributed by atoms with Crippen LogP contribution < -0.4 is 10.1 Å². The van der Waals surface area contributed by atoms with Crippen molar-refractivity contribution in [3.63, 3.8) is 0 Å². The molecule has 0 atom stereocenters. The number of carbonyl (C=O) groups is 2. The molecule has 1 fully saturated rings. The largest absolute Gasteiger partial charge is 0.484 e. The minimum atomic E-state index is -0.486. The van der Waals surface area contributed by atoms with E-state index in [2.05, 4.69) is 5.32 Å². The smallest absolute Gasteiger partial charge is 0.273 e. The summed E-state index contributed by atoms with van der Waals surface area (Å²) >= 11 is 0. The van der Waals surface area contributed by atoms with Gasteiger partial charge in [-0.3, -0.25) is 19.7 Å². The summed E-state index contributed by atoms with van der Waals surface area (Å²) in [6.07, 6.45) is 1.57. The molecule has 0 saturated carbocycles. The quantitative estimate of drug-likeness (QED) is 0.557. The zero-order chi connectivity index (χ0) is 21.5. The summed E-state index contributed by atoms with van der Waals surface area (Å²) in [5.41, 5.74) is 0.612. The van der Waals surface area contributed by atoms with Gasteiger partial charge < -0.3 is 15.0 Å². The molecule has 0 spiro atoms. The van der Waals surface area contributed by atoms with E-state index in [0.29, 0.717) is 36.5 Å². The third-order valence-electron chi connectivity index (χ3n) is 5.37. The average Bonchev–Trinajstić information content (AvgIpc) is 2.77. The van der Waals surface area contributed by atoms with Gasteiger partial charge in [0.25, 0.3) is 17.5 Å². The number of para-hydroxylation sites is 1. The van der Waals surface area contributed by atoms with E-state index < -0.39 is 4.92 Å². The zero-order valence-corrected chi connectivity index (χ0v) is 16.9. The summed E-state index contributed by atoms with van der Waals surface area (Å²) < 4.78 is 5.52. The van der Waals surface area contributed by atoms with E-state index in [4.69, 9.17) is 4.74 Å². The van der Waals surface area contributed by atoms with Crippen LogP contribution in [0.25, 0.3) is 0 Å². The van der Waals surface area contributed by atoms with Crippen LogP contribution in [0.1, 0.15) is 28.8 Å². The van der Waals surface area contributed by atoms with Crippen molar-refractivity contribution in [2.45, 2.75) is 19.8 Å². The molecular weight excluding hydrogens is 386 g/mol. The van der Waals surface area contributed by atoms with Gasteiger partial charge in [0.05, 0.1) is 4.92 Å². The zero-order valence-electron chi connectivity index (χ0n) is 16.9. The Morgan fingerprint density at radius 3 is 2.50 bits per heavy atom. The molecule has 30 heavy (non-hydrogen) atoms. The number of hydrogen-bond acceptors (Lipinski definition) is 5. The van der Waals surface area contributed by atoms with Gasteiger partial charge in [0.2, 0.25) is 0 Å². The van der Waals surface area contributed by atoms with Crippen molar-refractivity contribution in [3.8, 4) is 5.75 Å². The molecular formula is C22H25N3O5. The lowest BCUT2D eigenvalue weighted by molar-refractivity contribution is -0.385. The second-order valence-corrected chi connectivity index (χ2v) is 7.34. The summed E-state index contributed by atoms with van der Waals surface area (Å²) in [4.78, 5) is 37.1. The van der Waals surface area contributed by atoms with E-state index in [-0.39, 0.29) is 30.0 Å². The lowest BCUT2D eigenvalue weighted by atomic mass is 9.96. The number of amides is 2. The normalized spacial score (nSPS) is 14.2. The van der Waals surface area contributed by atoms with Gasteiger partial charge in [0.1, 0.15) is 5.75 Å². The number of nitrogens with one attached hydrogen (secondary N) is 1. The summed E-state index contributed by atoms with van der Waals surface area (Å²) in [6.45, 7) is 3.30. The van der Waals surface area contributed by atoms with Crippen LogP contribution in [0.2, 0.25) is 0 Å². The summed E-state index contributed by atoms with van der Waals surface area (Å²) in [5, 5.41) is 13.9. The summed E-state index contributed by atoms with van der Waals surface area (Å²) in [7, 11) is 0. The monoisotopic (exact) mass is 411 g/mol. The van der Waals surface area contributed by atoms with Crippen LogP contribution in [0.15, 0.2) is 48.5 Å². The van der Waals surface area contributed by atoms with Crippen LogP contribution in [0.5, 0.6) is 5.75 Å². The number of ether oxygens (including phenoxy) is 1. The average molecular weight is 411 g/mol. The maximum atomic E-state index is 12.5. The summed E-state index contributed by atoms with van der Waals surface area (Å²) in [6, 6.07) is 13.7. The second kappa shape index (κ2) is 9.87. The van der Waals surface area contributed by atoms with Gasteiger partial charge >= 0.3 is 0 Å². The van der Waals surface area contributed by atoms with E-state index >= 15 is 0 Å². The van der Waals surface area contributed by atoms with E-state index in [1.807, 2.05) is 30.3 Å². The Labute approximate surface area is 175 Å². The van der Waals surface area contributed by atoms with Gasteiger partial charge in [0.15, 0.2) is 6.61 Å². The topological polar surface area (TPSA) is 102 Å². The first-order valence-electron chi connectivity index (χ1n) is 9.93. The molecule has 2 amide bonds. The van der Waals surface area contributed by atoms with Crippen molar-refractivity contribution in [1.82, 2.24) is 10.2 Å². The van der Waals surface area contributed by atoms with Crippen LogP contribution in [0.4, 0.5) is 5.69 Å². The van der Waals surface area contributed by atoms with Crippen molar-refractivity contribution in [2.75, 3.05) is 26.2 Å². The molecule has 0 radical (unpaired) electrons. The molecule has 0 aliphatic carbocycles. The highest BCUT2D eigenvalue weighted by Crippen LogP contribution is 2.22. The van der Waals surface area contributed by atoms with Crippen molar-refractivity contribution in [3.05, 3.63) is 69.8 Å². The number of likely N-dealkylation sites (tertiary alicyclic amines) is 1. The van der Waals surface area contributed by atoms with Crippen LogP contribution in [-0.4, -0.2) is 47.9 Å². The third-order valence-corrected chi connectivity index (χ3v) is 5.37. The molecule has 1 saturated heterocycles. The molecule has 1 aliphatic rings. The van der Waals surface area contributed by atoms with E-state index in [1.54, 1.807) is 17.9 Å². The highest BCUT2D eigenvalue weighted by Gasteiger charge is 2.24. The van der Waals surface area contributed by atoms with Gasteiger partial charge in [-0.25, -0.2) is 0 Å². The van der Waals surface area contributed by atoms with Crippen LogP contribution in [-0.2, 0) is 4.79 Å². The first-order valence-corrected chi connectivity index (χ1v) is 9.93. The number of nitro benzene ring substituents is 1. The Bertz CT molecular complexity index is 908. The van der Waals surface area contributed by atoms with Crippen molar-refractivity contribution in [2.24, 2.45) is 5.92 Å². The van der Waals surface area contributed by atoms with Crippen LogP contribution in [0, 0.1) is 23.0 Å². The Hall–Kier alpha value is -3.42. The molecule has 1 heterocycles. The van der Waals surface area contributed by atoms with Gasteiger partial charge in [-0.2, -0.15) is 0 Å². The number of hydrogen-bond donors (Lipinski definition) is 1. The Morgan fingerprint density at radius 2 is 1.83 bits per heavy atom. The van der Waals surface area contributed by atoms with E-state index in [0.717, 1.165) is 12.8 Å². The molecule has 2 aromatic rings. The molecule has 0 unspecified atom stereocenters. The van der Waals surface area contributed by atoms with Gasteiger partial charge in [0, 0.05) is 36.8 Å². The molecule has 1 aliphatic heterocycles. The van der Waals surface area contributed by atoms with Crippen molar-refractivity contribution >= 4 is 17.5 Å². The first-order chi connectivity index (χ1) is 14.5. The SMILES string of the molecule is Cc1c(C(=O)NCC2CCN(C(=O)COc3ccccc3)CC2)cccc1[N+](=O)[O-]. The predicted octanol–water partition coefficient (Wildman–Crippen LogP) is 2.95. The lowest BCUT2D eigenvalue weighted by Gasteiger charge is -2.32. The number of nitrogens with zero attached hydrogens (tertiary/aromatic N) is 2. The number of rotatable bonds is 7. The molecule has 8 nitrogen and oxygen atoms in total. The summed E-state index contributed by atoms with van der Waals surface area (Å²) in [5.74, 6) is 0.562. The van der Waals surface area contributed by atoms with E-state index in [1.165, 1.54) is 12.1 Å². The minimum absolute atomic E-state index is 0.0114. The number of piperidine rings is 1. The standard InChI is InChI=1S/C22H25N3O5/c1-16-19(8-5-9-20(16)25(28)29)22(27)23-14-17-10-12-24(13-11-17)21(26)15-30-18-6-3-2-4-7-18/h2-9,17H,10-15H2,1H3,(H,23,27). The van der Waals surface area contributed by atoms with Gasteiger partial charge in [-0.15, -0.1) is 0 Å². The Kier molecular flexibility index (Phi) is 7.00. The maximum Gasteiger partial charge on any atom is 0.273 e. The fourth-order valence-corrected chi connectivity index (χ4v) is 3.54. The highest BCUT2D eigenvalue weighted by atomic mass is 16.6. The molecule has 0 aromatic heterocycles. The Balaban J connectivity index is 1.44.